The number of benzene rings is 1. The van der Waals surface area contributed by atoms with Gasteiger partial charge in [0.15, 0.2) is 0 Å². The van der Waals surface area contributed by atoms with E-state index in [1.54, 1.807) is 12.1 Å². The van der Waals surface area contributed by atoms with E-state index in [4.69, 9.17) is 5.10 Å². The molecule has 2 aromatic heterocycles. The zero-order valence-corrected chi connectivity index (χ0v) is 16.6. The first kappa shape index (κ1) is 18.7. The third-order valence-corrected chi connectivity index (χ3v) is 5.39. The van der Waals surface area contributed by atoms with Crippen molar-refractivity contribution in [1.29, 1.82) is 0 Å². The predicted octanol–water partition coefficient (Wildman–Crippen LogP) is 3.47. The zero-order chi connectivity index (χ0) is 19.8. The van der Waals surface area contributed by atoms with E-state index in [0.29, 0.717) is 17.6 Å². The maximum absolute atomic E-state index is 13.5. The highest BCUT2D eigenvalue weighted by molar-refractivity contribution is 5.98. The van der Waals surface area contributed by atoms with Gasteiger partial charge in [0.05, 0.1) is 17.4 Å². The number of rotatable bonds is 4. The summed E-state index contributed by atoms with van der Waals surface area (Å²) >= 11 is 0. The van der Waals surface area contributed by atoms with E-state index in [1.165, 1.54) is 12.1 Å². The molecule has 1 aromatic carbocycles. The Kier molecular flexibility index (Phi) is 4.93. The molecule has 1 fully saturated rings. The number of aryl methyl sites for hydroxylation is 1. The lowest BCUT2D eigenvalue weighted by Gasteiger charge is -2.34. The van der Waals surface area contributed by atoms with Gasteiger partial charge in [-0.1, -0.05) is 0 Å². The van der Waals surface area contributed by atoms with E-state index in [1.807, 2.05) is 30.7 Å². The van der Waals surface area contributed by atoms with Gasteiger partial charge >= 0.3 is 0 Å². The van der Waals surface area contributed by atoms with Gasteiger partial charge in [0.25, 0.3) is 5.91 Å². The molecular formula is C21H26FN5O. The molecule has 28 heavy (non-hydrogen) atoms. The fourth-order valence-corrected chi connectivity index (χ4v) is 4.02. The molecule has 3 heterocycles. The normalized spacial score (nSPS) is 17.6. The van der Waals surface area contributed by atoms with Gasteiger partial charge in [0.2, 0.25) is 0 Å². The number of fused-ring (bicyclic) bond motifs is 1. The summed E-state index contributed by atoms with van der Waals surface area (Å²) in [5.74, 6) is -0.357. The summed E-state index contributed by atoms with van der Waals surface area (Å²) in [5.41, 5.74) is 3.33. The molecule has 3 aromatic rings. The number of nitrogens with one attached hydrogen (secondary N) is 1. The molecule has 148 valence electrons. The van der Waals surface area contributed by atoms with Gasteiger partial charge in [-0.15, -0.1) is 0 Å². The van der Waals surface area contributed by atoms with Crippen LogP contribution in [-0.4, -0.2) is 51.1 Å². The third-order valence-electron chi connectivity index (χ3n) is 5.39. The summed E-state index contributed by atoms with van der Waals surface area (Å²) in [6.07, 6.45) is 2.96. The molecule has 6 nitrogen and oxygen atoms in total. The SMILES string of the molecule is CN(C)Cc1cc(C2CCCCN2C(=O)c2cc3cc(F)ccc3[nH]2)nn1C. The number of likely N-dealkylation sites (tertiary alicyclic amines) is 1. The molecule has 4 rings (SSSR count). The van der Waals surface area contributed by atoms with Crippen LogP contribution < -0.4 is 0 Å². The molecule has 7 heteroatoms. The Bertz CT molecular complexity index is 1010. The number of H-pyrrole nitrogens is 1. The summed E-state index contributed by atoms with van der Waals surface area (Å²) in [6.45, 7) is 1.50. The number of hydrogen-bond donors (Lipinski definition) is 1. The fraction of sp³-hybridized carbons (Fsp3) is 0.429. The second-order valence-electron chi connectivity index (χ2n) is 7.85. The summed E-state index contributed by atoms with van der Waals surface area (Å²) in [4.78, 5) is 20.4. The smallest absolute Gasteiger partial charge is 0.270 e. The number of hydrogen-bond acceptors (Lipinski definition) is 3. The van der Waals surface area contributed by atoms with Crippen LogP contribution in [0.15, 0.2) is 30.3 Å². The standard InChI is InChI=1S/C21H26FN5O/c1-25(2)13-16-12-18(24-26(16)3)20-6-4-5-9-27(20)21(28)19-11-14-10-15(22)7-8-17(14)23-19/h7-8,10-12,20,23H,4-6,9,13H2,1-3H3. The Balaban J connectivity index is 1.63. The lowest BCUT2D eigenvalue weighted by Crippen LogP contribution is -2.38. The van der Waals surface area contributed by atoms with Crippen molar-refractivity contribution in [3.05, 3.63) is 53.2 Å². The number of aromatic nitrogens is 3. The molecule has 1 amide bonds. The molecule has 1 aliphatic rings. The minimum absolute atomic E-state index is 0.0356. The van der Waals surface area contributed by atoms with Gasteiger partial charge in [-0.3, -0.25) is 9.48 Å². The van der Waals surface area contributed by atoms with Crippen molar-refractivity contribution in [2.75, 3.05) is 20.6 Å². The second-order valence-corrected chi connectivity index (χ2v) is 7.85. The fourth-order valence-electron chi connectivity index (χ4n) is 4.02. The Labute approximate surface area is 163 Å². The molecule has 1 atom stereocenters. The van der Waals surface area contributed by atoms with Gasteiger partial charge in [0.1, 0.15) is 11.5 Å². The number of carbonyl (C=O) groups excluding carboxylic acids is 1. The molecule has 1 unspecified atom stereocenters. The highest BCUT2D eigenvalue weighted by Crippen LogP contribution is 2.32. The summed E-state index contributed by atoms with van der Waals surface area (Å²) in [6, 6.07) is 8.33. The molecule has 1 N–H and O–H groups in total. The van der Waals surface area contributed by atoms with E-state index in [-0.39, 0.29) is 17.8 Å². The minimum Gasteiger partial charge on any atom is -0.351 e. The van der Waals surface area contributed by atoms with Crippen molar-refractivity contribution in [2.24, 2.45) is 7.05 Å². The lowest BCUT2D eigenvalue weighted by atomic mass is 9.98. The van der Waals surface area contributed by atoms with Gasteiger partial charge in [0, 0.05) is 31.0 Å². The van der Waals surface area contributed by atoms with Gasteiger partial charge in [-0.25, -0.2) is 4.39 Å². The van der Waals surface area contributed by atoms with Crippen molar-refractivity contribution >= 4 is 16.8 Å². The van der Waals surface area contributed by atoms with Crippen molar-refractivity contribution in [2.45, 2.75) is 31.8 Å². The van der Waals surface area contributed by atoms with Crippen molar-refractivity contribution in [3.63, 3.8) is 0 Å². The maximum atomic E-state index is 13.5. The molecule has 0 aliphatic carbocycles. The van der Waals surface area contributed by atoms with E-state index in [2.05, 4.69) is 16.0 Å². The number of halogens is 1. The monoisotopic (exact) mass is 383 g/mol. The quantitative estimate of drug-likeness (QED) is 0.751. The Hall–Kier alpha value is -2.67. The zero-order valence-electron chi connectivity index (χ0n) is 16.6. The summed E-state index contributed by atoms with van der Waals surface area (Å²) in [7, 11) is 6.01. The minimum atomic E-state index is -0.303. The number of piperidine rings is 1. The van der Waals surface area contributed by atoms with E-state index < -0.39 is 0 Å². The number of amides is 1. The highest BCUT2D eigenvalue weighted by Gasteiger charge is 2.31. The van der Waals surface area contributed by atoms with Crippen molar-refractivity contribution < 1.29 is 9.18 Å². The van der Waals surface area contributed by atoms with Crippen LogP contribution in [0, 0.1) is 5.82 Å². The average molecular weight is 383 g/mol. The van der Waals surface area contributed by atoms with Crippen LogP contribution in [0.2, 0.25) is 0 Å². The van der Waals surface area contributed by atoms with E-state index in [0.717, 1.165) is 42.7 Å². The Morgan fingerprint density at radius 2 is 2.11 bits per heavy atom. The molecule has 0 bridgehead atoms. The number of aromatic amines is 1. The van der Waals surface area contributed by atoms with Gasteiger partial charge in [-0.2, -0.15) is 5.10 Å². The second kappa shape index (κ2) is 7.39. The lowest BCUT2D eigenvalue weighted by molar-refractivity contribution is 0.0600. The molecule has 1 saturated heterocycles. The maximum Gasteiger partial charge on any atom is 0.270 e. The summed E-state index contributed by atoms with van der Waals surface area (Å²) < 4.78 is 15.4. The van der Waals surface area contributed by atoms with Crippen LogP contribution in [0.4, 0.5) is 4.39 Å². The summed E-state index contributed by atoms with van der Waals surface area (Å²) in [5, 5.41) is 5.42. The van der Waals surface area contributed by atoms with Gasteiger partial charge < -0.3 is 14.8 Å². The molecular weight excluding hydrogens is 357 g/mol. The first-order valence-electron chi connectivity index (χ1n) is 9.69. The Morgan fingerprint density at radius 1 is 1.29 bits per heavy atom. The van der Waals surface area contributed by atoms with Crippen molar-refractivity contribution in [1.82, 2.24) is 24.6 Å². The molecule has 0 saturated carbocycles. The van der Waals surface area contributed by atoms with Crippen LogP contribution in [0.1, 0.15) is 47.2 Å². The van der Waals surface area contributed by atoms with E-state index >= 15 is 0 Å². The largest absolute Gasteiger partial charge is 0.351 e. The highest BCUT2D eigenvalue weighted by atomic mass is 19.1. The third kappa shape index (κ3) is 3.54. The predicted molar refractivity (Wildman–Crippen MR) is 106 cm³/mol. The van der Waals surface area contributed by atoms with Crippen LogP contribution in [0.25, 0.3) is 10.9 Å². The van der Waals surface area contributed by atoms with Crippen molar-refractivity contribution in [3.8, 4) is 0 Å². The number of carbonyl (C=O) groups is 1. The average Bonchev–Trinajstić information content (AvgIpc) is 3.24. The molecule has 0 radical (unpaired) electrons. The molecule has 1 aliphatic heterocycles. The van der Waals surface area contributed by atoms with Gasteiger partial charge in [-0.05, 0) is 63.7 Å². The number of nitrogens with zero attached hydrogens (tertiary/aromatic N) is 4. The van der Waals surface area contributed by atoms with E-state index in [9.17, 15) is 9.18 Å². The van der Waals surface area contributed by atoms with Crippen LogP contribution in [0.3, 0.4) is 0 Å². The first-order chi connectivity index (χ1) is 13.4. The molecule has 0 spiro atoms. The first-order valence-corrected chi connectivity index (χ1v) is 9.69. The Morgan fingerprint density at radius 3 is 2.89 bits per heavy atom. The topological polar surface area (TPSA) is 57.2 Å². The van der Waals surface area contributed by atoms with Crippen LogP contribution in [0.5, 0.6) is 0 Å². The van der Waals surface area contributed by atoms with Crippen LogP contribution in [-0.2, 0) is 13.6 Å². The van der Waals surface area contributed by atoms with Crippen LogP contribution >= 0.6 is 0 Å².